The van der Waals surface area contributed by atoms with Crippen molar-refractivity contribution in [2.45, 2.75) is 5.88 Å². The third-order valence-corrected chi connectivity index (χ3v) is 3.55. The summed E-state index contributed by atoms with van der Waals surface area (Å²) >= 11 is 7.25. The molecule has 0 amide bonds. The number of benzene rings is 1. The average Bonchev–Trinajstić information content (AvgIpc) is 2.95. The monoisotopic (exact) mass is 250 g/mol. The lowest BCUT2D eigenvalue weighted by atomic mass is 10.2. The zero-order valence-electron chi connectivity index (χ0n) is 8.18. The fourth-order valence-electron chi connectivity index (χ4n) is 1.49. The number of rotatable bonds is 2. The van der Waals surface area contributed by atoms with Crippen LogP contribution < -0.4 is 0 Å². The van der Waals surface area contributed by atoms with Crippen LogP contribution in [0.5, 0.6) is 0 Å². The number of hydrogen-bond donors (Lipinski definition) is 0. The Balaban J connectivity index is 2.11. The van der Waals surface area contributed by atoms with Gasteiger partial charge in [0.05, 0.1) is 4.88 Å². The Bertz CT molecular complexity index is 598. The second-order valence-corrected chi connectivity index (χ2v) is 4.63. The molecule has 0 aliphatic carbocycles. The van der Waals surface area contributed by atoms with Gasteiger partial charge in [-0.3, -0.25) is 0 Å². The summed E-state index contributed by atoms with van der Waals surface area (Å²) in [4.78, 5) is 0.977. The Morgan fingerprint density at radius 2 is 2.12 bits per heavy atom. The van der Waals surface area contributed by atoms with Crippen LogP contribution in [0.15, 0.2) is 34.7 Å². The lowest BCUT2D eigenvalue weighted by Gasteiger charge is -1.84. The molecule has 3 aromatic rings. The van der Waals surface area contributed by atoms with Crippen molar-refractivity contribution in [3.63, 3.8) is 0 Å². The van der Waals surface area contributed by atoms with Crippen LogP contribution >= 0.6 is 22.9 Å². The third-order valence-electron chi connectivity index (χ3n) is 2.22. The molecule has 16 heavy (non-hydrogen) atoms. The molecule has 0 radical (unpaired) electrons. The summed E-state index contributed by atoms with van der Waals surface area (Å²) in [6, 6.07) is 10.2. The van der Waals surface area contributed by atoms with Crippen molar-refractivity contribution in [1.82, 2.24) is 10.2 Å². The molecule has 0 bridgehead atoms. The Morgan fingerprint density at radius 3 is 2.88 bits per heavy atom. The standard InChI is InChI=1S/C11H7ClN2OS/c12-6-10-13-14-11(15-10)9-5-7-3-1-2-4-8(7)16-9/h1-5H,6H2. The van der Waals surface area contributed by atoms with Gasteiger partial charge in [-0.25, -0.2) is 0 Å². The van der Waals surface area contributed by atoms with Gasteiger partial charge in [-0.1, -0.05) is 18.2 Å². The molecular formula is C11H7ClN2OS. The molecule has 0 saturated carbocycles. The third kappa shape index (κ3) is 1.60. The lowest BCUT2D eigenvalue weighted by Crippen LogP contribution is -1.73. The highest BCUT2D eigenvalue weighted by Gasteiger charge is 2.10. The summed E-state index contributed by atoms with van der Waals surface area (Å²) < 4.78 is 6.62. The number of halogens is 1. The highest BCUT2D eigenvalue weighted by molar-refractivity contribution is 7.22. The number of nitrogens with zero attached hydrogens (tertiary/aromatic N) is 2. The first-order chi connectivity index (χ1) is 7.86. The van der Waals surface area contributed by atoms with Crippen LogP contribution in [0.2, 0.25) is 0 Å². The fraction of sp³-hybridized carbons (Fsp3) is 0.0909. The molecule has 2 aromatic heterocycles. The van der Waals surface area contributed by atoms with Crippen LogP contribution in [0, 0.1) is 0 Å². The molecule has 0 aliphatic heterocycles. The minimum atomic E-state index is 0.248. The van der Waals surface area contributed by atoms with Crippen LogP contribution in [0.25, 0.3) is 20.9 Å². The maximum atomic E-state index is 5.61. The van der Waals surface area contributed by atoms with Gasteiger partial charge in [0.1, 0.15) is 5.88 Å². The Kier molecular flexibility index (Phi) is 2.38. The van der Waals surface area contributed by atoms with E-state index < -0.39 is 0 Å². The van der Waals surface area contributed by atoms with Crippen molar-refractivity contribution < 1.29 is 4.42 Å². The van der Waals surface area contributed by atoms with E-state index in [1.54, 1.807) is 11.3 Å². The summed E-state index contributed by atoms with van der Waals surface area (Å²) in [5, 5.41) is 8.99. The van der Waals surface area contributed by atoms with Crippen molar-refractivity contribution in [3.8, 4) is 10.8 Å². The lowest BCUT2D eigenvalue weighted by molar-refractivity contribution is 0.528. The van der Waals surface area contributed by atoms with Crippen molar-refractivity contribution in [2.75, 3.05) is 0 Å². The van der Waals surface area contributed by atoms with E-state index in [1.807, 2.05) is 18.2 Å². The topological polar surface area (TPSA) is 38.9 Å². The minimum absolute atomic E-state index is 0.248. The molecular weight excluding hydrogens is 244 g/mol. The maximum Gasteiger partial charge on any atom is 0.257 e. The van der Waals surface area contributed by atoms with Gasteiger partial charge < -0.3 is 4.42 Å². The first kappa shape index (κ1) is 9.81. The van der Waals surface area contributed by atoms with E-state index in [1.165, 1.54) is 10.1 Å². The number of fused-ring (bicyclic) bond motifs is 1. The van der Waals surface area contributed by atoms with Gasteiger partial charge >= 0.3 is 0 Å². The SMILES string of the molecule is ClCc1nnc(-c2cc3ccccc3s2)o1. The summed E-state index contributed by atoms with van der Waals surface area (Å²) in [5.41, 5.74) is 0. The fourth-order valence-corrected chi connectivity index (χ4v) is 2.59. The van der Waals surface area contributed by atoms with E-state index in [-0.39, 0.29) is 5.88 Å². The molecule has 0 aliphatic rings. The highest BCUT2D eigenvalue weighted by Crippen LogP contribution is 2.32. The van der Waals surface area contributed by atoms with Crippen LogP contribution in [0.1, 0.15) is 5.89 Å². The molecule has 2 heterocycles. The molecule has 0 fully saturated rings. The van der Waals surface area contributed by atoms with Gasteiger partial charge in [-0.05, 0) is 17.5 Å². The van der Waals surface area contributed by atoms with Crippen LogP contribution in [-0.4, -0.2) is 10.2 Å². The Hall–Kier alpha value is -1.39. The predicted octanol–water partition coefficient (Wildman–Crippen LogP) is 3.69. The van der Waals surface area contributed by atoms with E-state index in [4.69, 9.17) is 16.0 Å². The van der Waals surface area contributed by atoms with Gasteiger partial charge in [0.25, 0.3) is 5.89 Å². The number of hydrogen-bond acceptors (Lipinski definition) is 4. The van der Waals surface area contributed by atoms with E-state index in [9.17, 15) is 0 Å². The zero-order chi connectivity index (χ0) is 11.0. The highest BCUT2D eigenvalue weighted by atomic mass is 35.5. The molecule has 0 atom stereocenters. The van der Waals surface area contributed by atoms with E-state index >= 15 is 0 Å². The quantitative estimate of drug-likeness (QED) is 0.651. The minimum Gasteiger partial charge on any atom is -0.419 e. The van der Waals surface area contributed by atoms with Crippen molar-refractivity contribution in [1.29, 1.82) is 0 Å². The predicted molar refractivity (Wildman–Crippen MR) is 64.7 cm³/mol. The largest absolute Gasteiger partial charge is 0.419 e. The molecule has 0 spiro atoms. The van der Waals surface area contributed by atoms with Gasteiger partial charge in [-0.15, -0.1) is 33.1 Å². The van der Waals surface area contributed by atoms with Crippen molar-refractivity contribution in [2.24, 2.45) is 0 Å². The average molecular weight is 251 g/mol. The van der Waals surface area contributed by atoms with Crippen molar-refractivity contribution in [3.05, 3.63) is 36.2 Å². The van der Waals surface area contributed by atoms with E-state index in [0.717, 1.165) is 4.88 Å². The number of alkyl halides is 1. The first-order valence-electron chi connectivity index (χ1n) is 4.74. The normalized spacial score (nSPS) is 11.1. The summed E-state index contributed by atoms with van der Waals surface area (Å²) in [7, 11) is 0. The molecule has 80 valence electrons. The molecule has 0 N–H and O–H groups in total. The molecule has 0 saturated heterocycles. The summed E-state index contributed by atoms with van der Waals surface area (Å²) in [6.07, 6.45) is 0. The second-order valence-electron chi connectivity index (χ2n) is 3.28. The van der Waals surface area contributed by atoms with Gasteiger partial charge in [0.2, 0.25) is 5.89 Å². The van der Waals surface area contributed by atoms with E-state index in [0.29, 0.717) is 11.8 Å². The Morgan fingerprint density at radius 1 is 1.25 bits per heavy atom. The van der Waals surface area contributed by atoms with E-state index in [2.05, 4.69) is 22.3 Å². The van der Waals surface area contributed by atoms with Crippen LogP contribution in [0.4, 0.5) is 0 Å². The molecule has 3 rings (SSSR count). The van der Waals surface area contributed by atoms with Crippen LogP contribution in [0.3, 0.4) is 0 Å². The second kappa shape index (κ2) is 3.88. The first-order valence-corrected chi connectivity index (χ1v) is 6.09. The van der Waals surface area contributed by atoms with Crippen LogP contribution in [-0.2, 0) is 5.88 Å². The summed E-state index contributed by atoms with van der Waals surface area (Å²) in [5.74, 6) is 1.24. The zero-order valence-corrected chi connectivity index (χ0v) is 9.76. The van der Waals surface area contributed by atoms with Gasteiger partial charge in [0, 0.05) is 4.70 Å². The van der Waals surface area contributed by atoms with Crippen molar-refractivity contribution >= 4 is 33.0 Å². The maximum absolute atomic E-state index is 5.61. The Labute approximate surface area is 101 Å². The molecule has 0 unspecified atom stereocenters. The summed E-state index contributed by atoms with van der Waals surface area (Å²) in [6.45, 7) is 0. The molecule has 1 aromatic carbocycles. The molecule has 3 nitrogen and oxygen atoms in total. The smallest absolute Gasteiger partial charge is 0.257 e. The van der Waals surface area contributed by atoms with Gasteiger partial charge in [0.15, 0.2) is 0 Å². The number of thiophene rings is 1. The van der Waals surface area contributed by atoms with Gasteiger partial charge in [-0.2, -0.15) is 0 Å². The molecule has 5 heteroatoms. The number of aromatic nitrogens is 2.